The van der Waals surface area contributed by atoms with Crippen molar-refractivity contribution in [2.75, 3.05) is 33.4 Å². The second-order valence-electron chi connectivity index (χ2n) is 6.02. The number of hydrogen-bond donors (Lipinski definition) is 1. The molecule has 118 valence electrons. The van der Waals surface area contributed by atoms with Crippen LogP contribution in [-0.4, -0.2) is 58.8 Å². The van der Waals surface area contributed by atoms with Gasteiger partial charge in [-0.3, -0.25) is 4.90 Å². The van der Waals surface area contributed by atoms with Crippen LogP contribution in [0.25, 0.3) is 0 Å². The summed E-state index contributed by atoms with van der Waals surface area (Å²) in [5.41, 5.74) is 1.29. The van der Waals surface area contributed by atoms with Gasteiger partial charge in [0.1, 0.15) is 0 Å². The van der Waals surface area contributed by atoms with Crippen LogP contribution in [0, 0.1) is 0 Å². The van der Waals surface area contributed by atoms with Crippen molar-refractivity contribution >= 4 is 15.9 Å². The maximum Gasteiger partial charge on any atom is 0.153 e. The Morgan fingerprint density at radius 2 is 1.95 bits per heavy atom. The van der Waals surface area contributed by atoms with E-state index in [-0.39, 0.29) is 11.6 Å². The lowest BCUT2D eigenvalue weighted by molar-refractivity contribution is -0.0365. The maximum atomic E-state index is 5.55. The Hall–Kier alpha value is -0.500. The van der Waals surface area contributed by atoms with Crippen molar-refractivity contribution in [1.82, 2.24) is 25.2 Å². The topological polar surface area (TPSA) is 55.2 Å². The summed E-state index contributed by atoms with van der Waals surface area (Å²) in [7, 11) is 4.02. The van der Waals surface area contributed by atoms with E-state index in [2.05, 4.69) is 36.5 Å². The molecular formula is C14H24BrN5O. The number of aryl methyl sites for hydroxylation is 1. The fourth-order valence-electron chi connectivity index (χ4n) is 4.09. The molecule has 0 aromatic carbocycles. The summed E-state index contributed by atoms with van der Waals surface area (Å²) in [5.74, 6) is 0. The van der Waals surface area contributed by atoms with Crippen molar-refractivity contribution in [2.45, 2.75) is 37.3 Å². The molecule has 2 heterocycles. The van der Waals surface area contributed by atoms with Crippen molar-refractivity contribution in [1.29, 1.82) is 0 Å². The molecule has 1 saturated heterocycles. The zero-order chi connectivity index (χ0) is 14.9. The molecule has 1 unspecified atom stereocenters. The molecule has 0 radical (unpaired) electrons. The van der Waals surface area contributed by atoms with Crippen molar-refractivity contribution in [3.63, 3.8) is 0 Å². The van der Waals surface area contributed by atoms with Gasteiger partial charge in [0.2, 0.25) is 0 Å². The smallest absolute Gasteiger partial charge is 0.153 e. The van der Waals surface area contributed by atoms with Crippen LogP contribution in [-0.2, 0) is 11.8 Å². The maximum absolute atomic E-state index is 5.55. The van der Waals surface area contributed by atoms with Crippen molar-refractivity contribution in [2.24, 2.45) is 7.05 Å². The Bertz CT molecular complexity index is 460. The number of likely N-dealkylation sites (N-methyl/N-ethyl adjacent to an activating group) is 1. The average molecular weight is 358 g/mol. The van der Waals surface area contributed by atoms with E-state index in [1.165, 1.54) is 25.7 Å². The van der Waals surface area contributed by atoms with Gasteiger partial charge in [0.05, 0.1) is 24.9 Å². The summed E-state index contributed by atoms with van der Waals surface area (Å²) in [6.45, 7) is 3.70. The van der Waals surface area contributed by atoms with Gasteiger partial charge in [-0.15, -0.1) is 5.10 Å². The molecule has 1 atom stereocenters. The number of ether oxygens (including phenoxy) is 1. The fourth-order valence-corrected chi connectivity index (χ4v) is 4.64. The van der Waals surface area contributed by atoms with Gasteiger partial charge in [-0.2, -0.15) is 0 Å². The van der Waals surface area contributed by atoms with Gasteiger partial charge in [-0.05, 0) is 35.8 Å². The first kappa shape index (κ1) is 15.4. The highest BCUT2D eigenvalue weighted by molar-refractivity contribution is 9.10. The summed E-state index contributed by atoms with van der Waals surface area (Å²) in [6, 6.07) is 0.229. The first-order valence-corrected chi connectivity index (χ1v) is 8.53. The summed E-state index contributed by atoms with van der Waals surface area (Å²) >= 11 is 3.58. The SMILES string of the molecule is CNC(c1c(Br)nnn1C)C1(N2CCOCC2)CCCC1. The lowest BCUT2D eigenvalue weighted by Gasteiger charge is -2.48. The molecule has 1 N–H and O–H groups in total. The molecule has 0 spiro atoms. The van der Waals surface area contributed by atoms with E-state index < -0.39 is 0 Å². The van der Waals surface area contributed by atoms with Crippen LogP contribution in [0.4, 0.5) is 0 Å². The number of hydrogen-bond acceptors (Lipinski definition) is 5. The number of nitrogens with one attached hydrogen (secondary N) is 1. The molecule has 0 amide bonds. The van der Waals surface area contributed by atoms with E-state index >= 15 is 0 Å². The van der Waals surface area contributed by atoms with E-state index in [0.717, 1.165) is 36.6 Å². The van der Waals surface area contributed by atoms with Crippen molar-refractivity contribution in [3.05, 3.63) is 10.3 Å². The highest BCUT2D eigenvalue weighted by Gasteiger charge is 2.48. The van der Waals surface area contributed by atoms with E-state index in [4.69, 9.17) is 4.74 Å². The van der Waals surface area contributed by atoms with Gasteiger partial charge in [0.25, 0.3) is 0 Å². The highest BCUT2D eigenvalue weighted by Crippen LogP contribution is 2.45. The molecule has 3 rings (SSSR count). The predicted octanol–water partition coefficient (Wildman–Crippen LogP) is 1.48. The third kappa shape index (κ3) is 2.65. The Balaban J connectivity index is 1.98. The number of aromatic nitrogens is 3. The average Bonchev–Trinajstić information content (AvgIpc) is 3.12. The standard InChI is InChI=1S/C14H24BrN5O/c1-16-12(11-13(15)17-18-19(11)2)14(5-3-4-6-14)20-7-9-21-10-8-20/h12,16H,3-10H2,1-2H3. The number of morpholine rings is 1. The van der Waals surface area contributed by atoms with Gasteiger partial charge in [-0.25, -0.2) is 4.68 Å². The summed E-state index contributed by atoms with van der Waals surface area (Å²) in [6.07, 6.45) is 5.02. The molecule has 21 heavy (non-hydrogen) atoms. The van der Waals surface area contributed by atoms with Crippen LogP contribution in [0.5, 0.6) is 0 Å². The first-order valence-electron chi connectivity index (χ1n) is 7.74. The zero-order valence-corrected chi connectivity index (χ0v) is 14.4. The second kappa shape index (κ2) is 6.32. The zero-order valence-electron chi connectivity index (χ0n) is 12.8. The molecule has 7 heteroatoms. The largest absolute Gasteiger partial charge is 0.379 e. The molecular weight excluding hydrogens is 334 g/mol. The van der Waals surface area contributed by atoms with Crippen LogP contribution >= 0.6 is 15.9 Å². The molecule has 1 aromatic heterocycles. The van der Waals surface area contributed by atoms with E-state index in [9.17, 15) is 0 Å². The van der Waals surface area contributed by atoms with E-state index in [1.54, 1.807) is 0 Å². The van der Waals surface area contributed by atoms with Gasteiger partial charge < -0.3 is 10.1 Å². The summed E-state index contributed by atoms with van der Waals surface area (Å²) < 4.78 is 8.30. The lowest BCUT2D eigenvalue weighted by Crippen LogP contribution is -2.58. The summed E-state index contributed by atoms with van der Waals surface area (Å²) in [5, 5.41) is 11.9. The van der Waals surface area contributed by atoms with E-state index in [1.807, 2.05) is 18.8 Å². The third-order valence-corrected chi connectivity index (χ3v) is 5.60. The number of halogens is 1. The van der Waals surface area contributed by atoms with E-state index in [0.29, 0.717) is 0 Å². The minimum absolute atomic E-state index is 0.149. The highest BCUT2D eigenvalue weighted by atomic mass is 79.9. The monoisotopic (exact) mass is 357 g/mol. The molecule has 1 saturated carbocycles. The molecule has 0 bridgehead atoms. The van der Waals surface area contributed by atoms with Crippen LogP contribution < -0.4 is 5.32 Å². The van der Waals surface area contributed by atoms with Gasteiger partial charge >= 0.3 is 0 Å². The van der Waals surface area contributed by atoms with Crippen molar-refractivity contribution in [3.8, 4) is 0 Å². The molecule has 2 aliphatic rings. The number of nitrogens with zero attached hydrogens (tertiary/aromatic N) is 4. The van der Waals surface area contributed by atoms with Crippen LogP contribution in [0.15, 0.2) is 4.60 Å². The fraction of sp³-hybridized carbons (Fsp3) is 0.857. The molecule has 2 fully saturated rings. The Labute approximate surface area is 134 Å². The minimum Gasteiger partial charge on any atom is -0.379 e. The number of rotatable bonds is 4. The molecule has 1 aromatic rings. The van der Waals surface area contributed by atoms with Gasteiger partial charge in [-0.1, -0.05) is 18.1 Å². The Morgan fingerprint density at radius 3 is 2.48 bits per heavy atom. The van der Waals surface area contributed by atoms with Gasteiger partial charge in [0, 0.05) is 25.7 Å². The molecule has 1 aliphatic heterocycles. The normalized spacial score (nSPS) is 24.3. The van der Waals surface area contributed by atoms with Crippen LogP contribution in [0.1, 0.15) is 37.4 Å². The molecule has 1 aliphatic carbocycles. The van der Waals surface area contributed by atoms with Crippen LogP contribution in [0.2, 0.25) is 0 Å². The quantitative estimate of drug-likeness (QED) is 0.884. The van der Waals surface area contributed by atoms with Crippen LogP contribution in [0.3, 0.4) is 0 Å². The lowest BCUT2D eigenvalue weighted by atomic mass is 9.83. The predicted molar refractivity (Wildman–Crippen MR) is 84.1 cm³/mol. The second-order valence-corrected chi connectivity index (χ2v) is 6.77. The Kier molecular flexibility index (Phi) is 4.63. The third-order valence-electron chi connectivity index (χ3n) is 5.04. The molecule has 6 nitrogen and oxygen atoms in total. The Morgan fingerprint density at radius 1 is 1.29 bits per heavy atom. The summed E-state index contributed by atoms with van der Waals surface area (Å²) in [4.78, 5) is 2.63. The minimum atomic E-state index is 0.149. The van der Waals surface area contributed by atoms with Crippen molar-refractivity contribution < 1.29 is 4.74 Å². The first-order chi connectivity index (χ1) is 10.2. The van der Waals surface area contributed by atoms with Gasteiger partial charge in [0.15, 0.2) is 4.60 Å².